The van der Waals surface area contributed by atoms with Crippen LogP contribution < -0.4 is 5.32 Å². The fourth-order valence-electron chi connectivity index (χ4n) is 2.72. The summed E-state index contributed by atoms with van der Waals surface area (Å²) in [6, 6.07) is 0. The number of rotatable bonds is 9. The number of piperidine rings is 1. The van der Waals surface area contributed by atoms with E-state index in [2.05, 4.69) is 35.9 Å². The molecule has 0 radical (unpaired) electrons. The molecule has 0 saturated carbocycles. The van der Waals surface area contributed by atoms with Gasteiger partial charge < -0.3 is 15.1 Å². The van der Waals surface area contributed by atoms with Crippen LogP contribution in [0, 0.1) is 5.92 Å². The lowest BCUT2D eigenvalue weighted by atomic mass is 9.97. The largest absolute Gasteiger partial charge is 0.316 e. The minimum absolute atomic E-state index is 0.918. The Morgan fingerprint density at radius 1 is 1.11 bits per heavy atom. The van der Waals surface area contributed by atoms with E-state index < -0.39 is 0 Å². The van der Waals surface area contributed by atoms with Gasteiger partial charge in [-0.15, -0.1) is 0 Å². The molecule has 1 aliphatic heterocycles. The van der Waals surface area contributed by atoms with Crippen LogP contribution in [0.3, 0.4) is 0 Å². The van der Waals surface area contributed by atoms with Crippen molar-refractivity contribution in [3.8, 4) is 0 Å². The Hall–Kier alpha value is -0.120. The van der Waals surface area contributed by atoms with Gasteiger partial charge in [0.1, 0.15) is 0 Å². The molecular formula is C15H33N3. The molecule has 3 nitrogen and oxygen atoms in total. The Morgan fingerprint density at radius 2 is 1.78 bits per heavy atom. The molecule has 0 bridgehead atoms. The number of likely N-dealkylation sites (N-methyl/N-ethyl adjacent to an activating group) is 1. The second-order valence-corrected chi connectivity index (χ2v) is 5.52. The maximum absolute atomic E-state index is 3.56. The van der Waals surface area contributed by atoms with E-state index in [0.29, 0.717) is 0 Å². The monoisotopic (exact) mass is 255 g/mol. The lowest BCUT2D eigenvalue weighted by Gasteiger charge is -2.33. The first-order chi connectivity index (χ1) is 8.80. The highest BCUT2D eigenvalue weighted by Gasteiger charge is 2.18. The van der Waals surface area contributed by atoms with E-state index in [1.807, 2.05) is 0 Å². The fourth-order valence-corrected chi connectivity index (χ4v) is 2.72. The van der Waals surface area contributed by atoms with Crippen LogP contribution in [0.5, 0.6) is 0 Å². The second-order valence-electron chi connectivity index (χ2n) is 5.52. The van der Waals surface area contributed by atoms with Gasteiger partial charge in [-0.1, -0.05) is 20.8 Å². The Morgan fingerprint density at radius 3 is 2.33 bits per heavy atom. The van der Waals surface area contributed by atoms with Crippen molar-refractivity contribution in [2.24, 2.45) is 5.92 Å². The van der Waals surface area contributed by atoms with Gasteiger partial charge in [0, 0.05) is 13.1 Å². The van der Waals surface area contributed by atoms with Gasteiger partial charge in [0.05, 0.1) is 0 Å². The molecule has 1 N–H and O–H groups in total. The summed E-state index contributed by atoms with van der Waals surface area (Å²) in [7, 11) is 0. The smallest absolute Gasteiger partial charge is 0.0109 e. The quantitative estimate of drug-likeness (QED) is 0.636. The van der Waals surface area contributed by atoms with Crippen molar-refractivity contribution in [3.05, 3.63) is 0 Å². The van der Waals surface area contributed by atoms with Crippen molar-refractivity contribution in [1.29, 1.82) is 0 Å². The van der Waals surface area contributed by atoms with Gasteiger partial charge in [-0.2, -0.15) is 0 Å². The summed E-state index contributed by atoms with van der Waals surface area (Å²) in [5, 5.41) is 3.56. The Balaban J connectivity index is 2.07. The van der Waals surface area contributed by atoms with Crippen molar-refractivity contribution in [2.45, 2.75) is 40.0 Å². The summed E-state index contributed by atoms with van der Waals surface area (Å²) in [5.74, 6) is 0.918. The van der Waals surface area contributed by atoms with E-state index in [9.17, 15) is 0 Å². The zero-order valence-corrected chi connectivity index (χ0v) is 12.7. The maximum Gasteiger partial charge on any atom is 0.0109 e. The molecule has 0 atom stereocenters. The van der Waals surface area contributed by atoms with E-state index in [0.717, 1.165) is 5.92 Å². The standard InChI is InChI=1S/C15H33N3/c1-4-9-16-14-15-7-10-18(11-8-15)13-12-17(5-2)6-3/h15-16H,4-14H2,1-3H3. The number of hydrogen-bond acceptors (Lipinski definition) is 3. The van der Waals surface area contributed by atoms with Crippen LogP contribution in [-0.2, 0) is 0 Å². The third-order valence-electron chi connectivity index (χ3n) is 4.19. The van der Waals surface area contributed by atoms with Crippen LogP contribution in [-0.4, -0.2) is 62.2 Å². The number of nitrogens with one attached hydrogen (secondary N) is 1. The Bertz CT molecular complexity index is 184. The highest BCUT2D eigenvalue weighted by Crippen LogP contribution is 2.16. The third-order valence-corrected chi connectivity index (χ3v) is 4.19. The molecule has 108 valence electrons. The third kappa shape index (κ3) is 6.17. The van der Waals surface area contributed by atoms with Gasteiger partial charge in [-0.05, 0) is 64.4 Å². The summed E-state index contributed by atoms with van der Waals surface area (Å²) in [5.41, 5.74) is 0. The average Bonchev–Trinajstić information content (AvgIpc) is 2.42. The van der Waals surface area contributed by atoms with Crippen LogP contribution >= 0.6 is 0 Å². The molecule has 0 aromatic carbocycles. The number of likely N-dealkylation sites (tertiary alicyclic amines) is 1. The minimum atomic E-state index is 0.918. The van der Waals surface area contributed by atoms with Crippen molar-refractivity contribution in [3.63, 3.8) is 0 Å². The zero-order chi connectivity index (χ0) is 13.2. The highest BCUT2D eigenvalue weighted by molar-refractivity contribution is 4.74. The van der Waals surface area contributed by atoms with Crippen molar-refractivity contribution in [1.82, 2.24) is 15.1 Å². The van der Waals surface area contributed by atoms with Gasteiger partial charge in [-0.25, -0.2) is 0 Å². The van der Waals surface area contributed by atoms with E-state index >= 15 is 0 Å². The van der Waals surface area contributed by atoms with Gasteiger partial charge in [0.2, 0.25) is 0 Å². The summed E-state index contributed by atoms with van der Waals surface area (Å²) in [4.78, 5) is 5.17. The van der Waals surface area contributed by atoms with Gasteiger partial charge in [0.25, 0.3) is 0 Å². The van der Waals surface area contributed by atoms with Crippen molar-refractivity contribution in [2.75, 3.05) is 52.4 Å². The average molecular weight is 255 g/mol. The first-order valence-electron chi connectivity index (χ1n) is 7.95. The molecule has 1 fully saturated rings. The first-order valence-corrected chi connectivity index (χ1v) is 7.95. The van der Waals surface area contributed by atoms with Crippen LogP contribution in [0.2, 0.25) is 0 Å². The predicted octanol–water partition coefficient (Wildman–Crippen LogP) is 2.04. The molecule has 1 aliphatic rings. The van der Waals surface area contributed by atoms with Gasteiger partial charge in [-0.3, -0.25) is 0 Å². The lowest BCUT2D eigenvalue weighted by Crippen LogP contribution is -2.41. The van der Waals surface area contributed by atoms with Crippen LogP contribution in [0.4, 0.5) is 0 Å². The SMILES string of the molecule is CCCNCC1CCN(CCN(CC)CC)CC1. The molecule has 18 heavy (non-hydrogen) atoms. The molecule has 1 saturated heterocycles. The predicted molar refractivity (Wildman–Crippen MR) is 80.1 cm³/mol. The van der Waals surface area contributed by atoms with Gasteiger partial charge in [0.15, 0.2) is 0 Å². The van der Waals surface area contributed by atoms with E-state index in [-0.39, 0.29) is 0 Å². The first kappa shape index (κ1) is 15.9. The molecule has 0 amide bonds. The summed E-state index contributed by atoms with van der Waals surface area (Å²) >= 11 is 0. The van der Waals surface area contributed by atoms with Crippen molar-refractivity contribution >= 4 is 0 Å². The molecule has 0 aromatic rings. The summed E-state index contributed by atoms with van der Waals surface area (Å²) in [6.07, 6.45) is 4.02. The number of nitrogens with zero attached hydrogens (tertiary/aromatic N) is 2. The molecule has 1 rings (SSSR count). The molecule has 0 aromatic heterocycles. The maximum atomic E-state index is 3.56. The molecule has 0 unspecified atom stereocenters. The topological polar surface area (TPSA) is 18.5 Å². The summed E-state index contributed by atoms with van der Waals surface area (Å²) in [6.45, 7) is 16.7. The molecular weight excluding hydrogens is 222 g/mol. The van der Waals surface area contributed by atoms with Crippen LogP contribution in [0.25, 0.3) is 0 Å². The zero-order valence-electron chi connectivity index (χ0n) is 12.7. The van der Waals surface area contributed by atoms with Crippen molar-refractivity contribution < 1.29 is 0 Å². The molecule has 0 spiro atoms. The fraction of sp³-hybridized carbons (Fsp3) is 1.00. The van der Waals surface area contributed by atoms with E-state index in [1.165, 1.54) is 71.6 Å². The molecule has 1 heterocycles. The highest BCUT2D eigenvalue weighted by atomic mass is 15.2. The molecule has 0 aliphatic carbocycles. The van der Waals surface area contributed by atoms with E-state index in [4.69, 9.17) is 0 Å². The minimum Gasteiger partial charge on any atom is -0.316 e. The Kier molecular flexibility index (Phi) is 8.64. The summed E-state index contributed by atoms with van der Waals surface area (Å²) < 4.78 is 0. The van der Waals surface area contributed by atoms with Crippen LogP contribution in [0.1, 0.15) is 40.0 Å². The second kappa shape index (κ2) is 9.76. The Labute approximate surface area is 114 Å². The lowest BCUT2D eigenvalue weighted by molar-refractivity contribution is 0.159. The van der Waals surface area contributed by atoms with Crippen LogP contribution in [0.15, 0.2) is 0 Å². The molecule has 3 heteroatoms. The van der Waals surface area contributed by atoms with Gasteiger partial charge >= 0.3 is 0 Å². The number of hydrogen-bond donors (Lipinski definition) is 1. The van der Waals surface area contributed by atoms with E-state index in [1.54, 1.807) is 0 Å². The normalized spacial score (nSPS) is 18.7.